The molecule has 0 aliphatic carbocycles. The van der Waals surface area contributed by atoms with E-state index in [1.54, 1.807) is 0 Å². The van der Waals surface area contributed by atoms with Gasteiger partial charge in [-0.3, -0.25) is 14.6 Å². The molecular weight excluding hydrogens is 374 g/mol. The number of esters is 1. The van der Waals surface area contributed by atoms with Crippen LogP contribution < -0.4 is 5.32 Å². The van der Waals surface area contributed by atoms with Gasteiger partial charge < -0.3 is 14.8 Å². The smallest absolute Gasteiger partial charge is 0.341 e. The van der Waals surface area contributed by atoms with E-state index >= 15 is 0 Å². The number of ether oxygens (including phenoxy) is 2. The Morgan fingerprint density at radius 3 is 2.93 bits per heavy atom. The number of aromatic amines is 1. The lowest BCUT2D eigenvalue weighted by Crippen LogP contribution is -2.40. The number of H-pyrrole nitrogens is 1. The molecule has 1 amide bonds. The lowest BCUT2D eigenvalue weighted by atomic mass is 9.76. The van der Waals surface area contributed by atoms with Gasteiger partial charge in [-0.2, -0.15) is 10.2 Å². The molecule has 9 heteroatoms. The van der Waals surface area contributed by atoms with E-state index in [1.165, 1.54) is 12.4 Å². The first-order valence-electron chi connectivity index (χ1n) is 10.2. The molecule has 0 aromatic carbocycles. The van der Waals surface area contributed by atoms with Crippen LogP contribution >= 0.6 is 0 Å². The van der Waals surface area contributed by atoms with Crippen LogP contribution in [0.1, 0.15) is 58.3 Å². The molecule has 4 heterocycles. The first kappa shape index (κ1) is 19.6. The molecule has 2 N–H and O–H groups in total. The second-order valence-corrected chi connectivity index (χ2v) is 7.79. The van der Waals surface area contributed by atoms with Crippen LogP contribution in [0.3, 0.4) is 0 Å². The van der Waals surface area contributed by atoms with Gasteiger partial charge in [0, 0.05) is 38.9 Å². The Labute approximate surface area is 169 Å². The molecule has 2 aromatic heterocycles. The van der Waals surface area contributed by atoms with Crippen molar-refractivity contribution in [1.29, 1.82) is 0 Å². The molecule has 29 heavy (non-hydrogen) atoms. The third-order valence-electron chi connectivity index (χ3n) is 5.89. The zero-order valence-electron chi connectivity index (χ0n) is 16.7. The molecule has 1 saturated heterocycles. The van der Waals surface area contributed by atoms with Crippen LogP contribution in [0.4, 0.5) is 0 Å². The third kappa shape index (κ3) is 4.05. The summed E-state index contributed by atoms with van der Waals surface area (Å²) in [5.74, 6) is -0.425. The predicted octanol–water partition coefficient (Wildman–Crippen LogP) is 1.50. The van der Waals surface area contributed by atoms with Gasteiger partial charge in [0.15, 0.2) is 0 Å². The normalized spacial score (nSPS) is 18.2. The molecule has 1 fully saturated rings. The van der Waals surface area contributed by atoms with Crippen LogP contribution in [0, 0.1) is 5.41 Å². The van der Waals surface area contributed by atoms with Crippen molar-refractivity contribution >= 4 is 11.9 Å². The van der Waals surface area contributed by atoms with Crippen molar-refractivity contribution in [3.05, 3.63) is 34.9 Å². The molecule has 9 nitrogen and oxygen atoms in total. The summed E-state index contributed by atoms with van der Waals surface area (Å²) in [6, 6.07) is 0. The van der Waals surface area contributed by atoms with Gasteiger partial charge in [-0.15, -0.1) is 0 Å². The molecule has 0 radical (unpaired) electrons. The Morgan fingerprint density at radius 1 is 1.38 bits per heavy atom. The van der Waals surface area contributed by atoms with E-state index in [2.05, 4.69) is 15.5 Å². The minimum absolute atomic E-state index is 0.0235. The number of nitrogens with one attached hydrogen (secondary N) is 2. The average Bonchev–Trinajstić information content (AvgIpc) is 3.36. The lowest BCUT2D eigenvalue weighted by molar-refractivity contribution is 0.0152. The molecule has 2 aliphatic heterocycles. The van der Waals surface area contributed by atoms with Crippen LogP contribution in [-0.2, 0) is 28.9 Å². The fourth-order valence-corrected chi connectivity index (χ4v) is 4.18. The monoisotopic (exact) mass is 401 g/mol. The first-order valence-corrected chi connectivity index (χ1v) is 10.2. The average molecular weight is 401 g/mol. The zero-order chi connectivity index (χ0) is 20.3. The highest BCUT2D eigenvalue weighted by molar-refractivity contribution is 5.97. The molecular formula is C20H27N5O4. The number of fused-ring (bicyclic) bond motifs is 1. The maximum absolute atomic E-state index is 12.8. The third-order valence-corrected chi connectivity index (χ3v) is 5.89. The summed E-state index contributed by atoms with van der Waals surface area (Å²) in [5.41, 5.74) is 2.99. The van der Waals surface area contributed by atoms with Gasteiger partial charge in [0.25, 0.3) is 5.91 Å². The van der Waals surface area contributed by atoms with Gasteiger partial charge >= 0.3 is 5.97 Å². The van der Waals surface area contributed by atoms with Gasteiger partial charge in [0.1, 0.15) is 0 Å². The summed E-state index contributed by atoms with van der Waals surface area (Å²) in [7, 11) is 0. The Kier molecular flexibility index (Phi) is 5.66. The highest BCUT2D eigenvalue weighted by Gasteiger charge is 2.39. The highest BCUT2D eigenvalue weighted by atomic mass is 16.5. The van der Waals surface area contributed by atoms with Crippen LogP contribution in [-0.4, -0.2) is 58.2 Å². The van der Waals surface area contributed by atoms with Crippen molar-refractivity contribution in [3.63, 3.8) is 0 Å². The molecule has 2 aliphatic rings. The summed E-state index contributed by atoms with van der Waals surface area (Å²) in [4.78, 5) is 24.7. The Balaban J connectivity index is 1.47. The minimum atomic E-state index is -0.396. The summed E-state index contributed by atoms with van der Waals surface area (Å²) in [5, 5.41) is 14.2. The van der Waals surface area contributed by atoms with Crippen LogP contribution in [0.2, 0.25) is 0 Å². The fourth-order valence-electron chi connectivity index (χ4n) is 4.18. The van der Waals surface area contributed by atoms with E-state index in [1.807, 2.05) is 11.6 Å². The molecule has 156 valence electrons. The number of rotatable bonds is 6. The Bertz CT molecular complexity index is 868. The van der Waals surface area contributed by atoms with Gasteiger partial charge in [-0.1, -0.05) is 6.92 Å². The second kappa shape index (κ2) is 8.36. The molecule has 4 rings (SSSR count). The number of carbonyl (C=O) groups excluding carboxylic acids is 2. The quantitative estimate of drug-likeness (QED) is 0.561. The molecule has 0 bridgehead atoms. The van der Waals surface area contributed by atoms with E-state index in [9.17, 15) is 9.59 Å². The minimum Gasteiger partial charge on any atom is -0.462 e. The van der Waals surface area contributed by atoms with E-state index in [0.29, 0.717) is 31.5 Å². The largest absolute Gasteiger partial charge is 0.462 e. The molecule has 0 atom stereocenters. The standard InChI is InChI=1S/C20H27N5O4/c1-2-15-17-16(10-20(13-21-18(17)26)4-8-28-9-5-20)25(24-15)6-3-7-29-19(27)14-11-22-23-12-14/h11-12H,2-10,13H2,1H3,(H,21,26)(H,22,23). The van der Waals surface area contributed by atoms with Crippen LogP contribution in [0.15, 0.2) is 12.4 Å². The summed E-state index contributed by atoms with van der Waals surface area (Å²) in [6.07, 6.45) is 6.95. The number of nitrogens with zero attached hydrogens (tertiary/aromatic N) is 3. The molecule has 1 spiro atoms. The summed E-state index contributed by atoms with van der Waals surface area (Å²) < 4.78 is 12.8. The van der Waals surface area contributed by atoms with Gasteiger partial charge in [-0.25, -0.2) is 4.79 Å². The van der Waals surface area contributed by atoms with Gasteiger partial charge in [0.05, 0.1) is 35.3 Å². The van der Waals surface area contributed by atoms with Crippen LogP contribution in [0.5, 0.6) is 0 Å². The van der Waals surface area contributed by atoms with E-state index in [-0.39, 0.29) is 17.9 Å². The Morgan fingerprint density at radius 2 is 2.21 bits per heavy atom. The number of aryl methyl sites for hydroxylation is 2. The summed E-state index contributed by atoms with van der Waals surface area (Å²) >= 11 is 0. The number of aromatic nitrogens is 4. The van der Waals surface area contributed by atoms with Gasteiger partial charge in [-0.05, 0) is 31.1 Å². The molecule has 0 unspecified atom stereocenters. The maximum atomic E-state index is 12.8. The predicted molar refractivity (Wildman–Crippen MR) is 104 cm³/mol. The van der Waals surface area contributed by atoms with Crippen molar-refractivity contribution in [2.45, 2.75) is 45.6 Å². The maximum Gasteiger partial charge on any atom is 0.341 e. The number of carbonyl (C=O) groups is 2. The summed E-state index contributed by atoms with van der Waals surface area (Å²) in [6.45, 7) is 5.03. The van der Waals surface area contributed by atoms with E-state index < -0.39 is 5.97 Å². The second-order valence-electron chi connectivity index (χ2n) is 7.79. The number of hydrogen-bond donors (Lipinski definition) is 2. The fraction of sp³-hybridized carbons (Fsp3) is 0.600. The van der Waals surface area contributed by atoms with E-state index in [4.69, 9.17) is 14.6 Å². The first-order chi connectivity index (χ1) is 14.1. The van der Waals surface area contributed by atoms with Gasteiger partial charge in [0.2, 0.25) is 0 Å². The molecule has 2 aromatic rings. The topological polar surface area (TPSA) is 111 Å². The van der Waals surface area contributed by atoms with Crippen molar-refractivity contribution < 1.29 is 19.1 Å². The zero-order valence-corrected chi connectivity index (χ0v) is 16.7. The van der Waals surface area contributed by atoms with Crippen molar-refractivity contribution in [2.75, 3.05) is 26.4 Å². The Hall–Kier alpha value is -2.68. The van der Waals surface area contributed by atoms with Crippen molar-refractivity contribution in [1.82, 2.24) is 25.3 Å². The highest BCUT2D eigenvalue weighted by Crippen LogP contribution is 2.37. The lowest BCUT2D eigenvalue weighted by Gasteiger charge is -2.36. The SMILES string of the molecule is CCc1nn(CCCOC(=O)c2cn[nH]c2)c2c1C(=O)NCC1(CCOCC1)C2. The number of hydrogen-bond acceptors (Lipinski definition) is 6. The van der Waals surface area contributed by atoms with Crippen molar-refractivity contribution in [2.24, 2.45) is 5.41 Å². The van der Waals surface area contributed by atoms with Crippen LogP contribution in [0.25, 0.3) is 0 Å². The number of amides is 1. The molecule has 0 saturated carbocycles. The van der Waals surface area contributed by atoms with E-state index in [0.717, 1.165) is 49.4 Å². The van der Waals surface area contributed by atoms with Crippen molar-refractivity contribution in [3.8, 4) is 0 Å².